The highest BCUT2D eigenvalue weighted by Crippen LogP contribution is 2.31. The molecule has 3 rings (SSSR count). The van der Waals surface area contributed by atoms with E-state index in [0.29, 0.717) is 36.2 Å². The first-order valence-electron chi connectivity index (χ1n) is 12.8. The van der Waals surface area contributed by atoms with Crippen molar-refractivity contribution in [3.63, 3.8) is 0 Å². The number of Topliss-reactive ketones (excluding diaryl/α,β-unsaturated/α-hetero) is 1. The third-order valence-electron chi connectivity index (χ3n) is 6.63. The third-order valence-corrected chi connectivity index (χ3v) is 7.30. The number of carbonyl (C=O) groups is 2. The molecule has 1 aromatic carbocycles. The molecule has 1 aromatic heterocycles. The summed E-state index contributed by atoms with van der Waals surface area (Å²) in [6.07, 6.45) is 5.19. The van der Waals surface area contributed by atoms with Crippen LogP contribution in [-0.4, -0.2) is 52.8 Å². The van der Waals surface area contributed by atoms with Gasteiger partial charge in [-0.3, -0.25) is 9.59 Å². The van der Waals surface area contributed by atoms with Crippen LogP contribution >= 0.6 is 11.8 Å². The van der Waals surface area contributed by atoms with Gasteiger partial charge in [0.05, 0.1) is 6.61 Å². The van der Waals surface area contributed by atoms with Gasteiger partial charge >= 0.3 is 5.97 Å². The molecular weight excluding hydrogens is 474 g/mol. The fraction of sp³-hybridized carbons (Fsp3) is 0.571. The fourth-order valence-corrected chi connectivity index (χ4v) is 4.96. The van der Waals surface area contributed by atoms with Crippen LogP contribution in [0.3, 0.4) is 0 Å². The number of benzene rings is 1. The average molecular weight is 514 g/mol. The molecule has 1 N–H and O–H groups in total. The van der Waals surface area contributed by atoms with E-state index in [-0.39, 0.29) is 41.5 Å². The van der Waals surface area contributed by atoms with E-state index >= 15 is 0 Å². The van der Waals surface area contributed by atoms with Crippen molar-refractivity contribution in [2.75, 3.05) is 30.9 Å². The van der Waals surface area contributed by atoms with Gasteiger partial charge in [-0.2, -0.15) is 0 Å². The zero-order valence-corrected chi connectivity index (χ0v) is 23.0. The first-order chi connectivity index (χ1) is 17.1. The molecule has 0 radical (unpaired) electrons. The molecule has 0 unspecified atom stereocenters. The highest BCUT2D eigenvalue weighted by atomic mass is 32.2. The molecule has 0 spiro atoms. The van der Waals surface area contributed by atoms with Crippen LogP contribution in [-0.2, 0) is 21.4 Å². The lowest BCUT2D eigenvalue weighted by Gasteiger charge is -2.34. The van der Waals surface area contributed by atoms with Gasteiger partial charge < -0.3 is 14.7 Å². The van der Waals surface area contributed by atoms with Crippen LogP contribution < -0.4 is 4.90 Å². The normalized spacial score (nSPS) is 14.6. The summed E-state index contributed by atoms with van der Waals surface area (Å²) < 4.78 is 4.92. The van der Waals surface area contributed by atoms with Crippen molar-refractivity contribution in [2.45, 2.75) is 76.7 Å². The van der Waals surface area contributed by atoms with E-state index in [2.05, 4.69) is 59.9 Å². The fourth-order valence-electron chi connectivity index (χ4n) is 4.48. The molecule has 0 bridgehead atoms. The number of ketones is 1. The Morgan fingerprint density at radius 1 is 1.11 bits per heavy atom. The Balaban J connectivity index is 1.61. The highest BCUT2D eigenvalue weighted by Gasteiger charge is 2.24. The molecule has 0 aliphatic carbocycles. The van der Waals surface area contributed by atoms with Gasteiger partial charge in [-0.15, -0.1) is 11.8 Å². The Morgan fingerprint density at radius 2 is 1.78 bits per heavy atom. The van der Waals surface area contributed by atoms with Crippen molar-refractivity contribution in [1.29, 1.82) is 0 Å². The number of esters is 1. The third kappa shape index (κ3) is 7.45. The summed E-state index contributed by atoms with van der Waals surface area (Å²) in [6, 6.07) is 8.88. The zero-order valence-electron chi connectivity index (χ0n) is 22.2. The minimum absolute atomic E-state index is 0.0598. The Kier molecular flexibility index (Phi) is 9.77. The van der Waals surface area contributed by atoms with Crippen molar-refractivity contribution in [2.24, 2.45) is 5.92 Å². The monoisotopic (exact) mass is 513 g/mol. The van der Waals surface area contributed by atoms with E-state index in [1.165, 1.54) is 23.0 Å². The minimum atomic E-state index is -0.320. The molecule has 8 heteroatoms. The number of hydrogen-bond acceptors (Lipinski definition) is 8. The highest BCUT2D eigenvalue weighted by molar-refractivity contribution is 7.98. The SMILES string of the molecule is CCOC(=O)CCCC(=O)c1nc(CC2CCN(c3ccc(C(C)(C)C)cc3)CC2)nc(SC)c1O. The number of anilines is 1. The second-order valence-electron chi connectivity index (χ2n) is 10.4. The lowest BCUT2D eigenvalue weighted by atomic mass is 9.87. The number of carbonyl (C=O) groups excluding carboxylic acids is 2. The summed E-state index contributed by atoms with van der Waals surface area (Å²) in [5, 5.41) is 11.0. The number of hydrogen-bond donors (Lipinski definition) is 1. The first-order valence-corrected chi connectivity index (χ1v) is 14.0. The van der Waals surface area contributed by atoms with Gasteiger partial charge in [-0.05, 0) is 61.5 Å². The Bertz CT molecular complexity index is 1040. The van der Waals surface area contributed by atoms with Gasteiger partial charge in [0.25, 0.3) is 0 Å². The Morgan fingerprint density at radius 3 is 2.36 bits per heavy atom. The maximum atomic E-state index is 12.8. The van der Waals surface area contributed by atoms with E-state index < -0.39 is 0 Å². The van der Waals surface area contributed by atoms with E-state index in [4.69, 9.17) is 4.74 Å². The van der Waals surface area contributed by atoms with Crippen molar-refractivity contribution >= 4 is 29.2 Å². The number of aromatic nitrogens is 2. The lowest BCUT2D eigenvalue weighted by Crippen LogP contribution is -2.34. The zero-order chi connectivity index (χ0) is 26.3. The molecule has 0 amide bonds. The summed E-state index contributed by atoms with van der Waals surface area (Å²) in [5.74, 6) is 0.254. The van der Waals surface area contributed by atoms with Crippen LogP contribution in [0.4, 0.5) is 5.69 Å². The van der Waals surface area contributed by atoms with Crippen LogP contribution in [0.2, 0.25) is 0 Å². The standard InChI is InChI=1S/C28H39N3O4S/c1-6-35-24(33)9-7-8-22(32)25-26(34)27(36-5)30-23(29-25)18-19-14-16-31(17-15-19)21-12-10-20(11-13-21)28(2,3)4/h10-13,19,34H,6-9,14-18H2,1-5H3. The smallest absolute Gasteiger partial charge is 0.305 e. The van der Waals surface area contributed by atoms with Gasteiger partial charge in [0.1, 0.15) is 10.9 Å². The van der Waals surface area contributed by atoms with Crippen LogP contribution in [0.1, 0.15) is 81.7 Å². The Labute approximate surface area is 219 Å². The van der Waals surface area contributed by atoms with Gasteiger partial charge in [0.2, 0.25) is 0 Å². The van der Waals surface area contributed by atoms with E-state index in [9.17, 15) is 14.7 Å². The van der Waals surface area contributed by atoms with Crippen molar-refractivity contribution < 1.29 is 19.4 Å². The van der Waals surface area contributed by atoms with Crippen LogP contribution in [0.25, 0.3) is 0 Å². The molecule has 1 aliphatic rings. The predicted molar refractivity (Wildman–Crippen MR) is 144 cm³/mol. The molecule has 2 aromatic rings. The topological polar surface area (TPSA) is 92.6 Å². The largest absolute Gasteiger partial charge is 0.503 e. The maximum absolute atomic E-state index is 12.8. The second-order valence-corrected chi connectivity index (χ2v) is 11.2. The number of aromatic hydroxyl groups is 1. The summed E-state index contributed by atoms with van der Waals surface area (Å²) in [5.41, 5.74) is 2.79. The first kappa shape index (κ1) is 28.0. The minimum Gasteiger partial charge on any atom is -0.503 e. The summed E-state index contributed by atoms with van der Waals surface area (Å²) in [6.45, 7) is 10.7. The molecule has 7 nitrogen and oxygen atoms in total. The number of piperidine rings is 1. The number of ether oxygens (including phenoxy) is 1. The van der Waals surface area contributed by atoms with Crippen LogP contribution in [0, 0.1) is 5.92 Å². The Hall–Kier alpha value is -2.61. The van der Waals surface area contributed by atoms with Crippen LogP contribution in [0.15, 0.2) is 29.3 Å². The van der Waals surface area contributed by atoms with E-state index in [1.54, 1.807) is 6.92 Å². The molecule has 1 saturated heterocycles. The maximum Gasteiger partial charge on any atom is 0.305 e. The van der Waals surface area contributed by atoms with Gasteiger partial charge in [0.15, 0.2) is 17.2 Å². The van der Waals surface area contributed by atoms with Crippen molar-refractivity contribution in [1.82, 2.24) is 9.97 Å². The van der Waals surface area contributed by atoms with Crippen molar-refractivity contribution in [3.8, 4) is 5.75 Å². The lowest BCUT2D eigenvalue weighted by molar-refractivity contribution is -0.143. The van der Waals surface area contributed by atoms with E-state index in [0.717, 1.165) is 25.9 Å². The number of nitrogens with zero attached hydrogens (tertiary/aromatic N) is 3. The predicted octanol–water partition coefficient (Wildman–Crippen LogP) is 5.58. The van der Waals surface area contributed by atoms with Crippen LogP contribution in [0.5, 0.6) is 5.75 Å². The molecule has 0 saturated carbocycles. The average Bonchev–Trinajstić information content (AvgIpc) is 2.85. The quantitative estimate of drug-likeness (QED) is 0.191. The van der Waals surface area contributed by atoms with Gasteiger partial charge in [-0.25, -0.2) is 9.97 Å². The second kappa shape index (κ2) is 12.6. The summed E-state index contributed by atoms with van der Waals surface area (Å²) >= 11 is 1.30. The molecule has 1 fully saturated rings. The van der Waals surface area contributed by atoms with E-state index in [1.807, 2.05) is 6.26 Å². The van der Waals surface area contributed by atoms with Gasteiger partial charge in [-0.1, -0.05) is 32.9 Å². The molecular formula is C28H39N3O4S. The van der Waals surface area contributed by atoms with Crippen molar-refractivity contribution in [3.05, 3.63) is 41.3 Å². The molecule has 2 heterocycles. The number of rotatable bonds is 10. The molecule has 196 valence electrons. The summed E-state index contributed by atoms with van der Waals surface area (Å²) in [7, 11) is 0. The number of thioether (sulfide) groups is 1. The van der Waals surface area contributed by atoms with Gasteiger partial charge in [0, 0.05) is 38.0 Å². The molecule has 1 aliphatic heterocycles. The molecule has 36 heavy (non-hydrogen) atoms. The molecule has 0 atom stereocenters. The summed E-state index contributed by atoms with van der Waals surface area (Å²) in [4.78, 5) is 35.8.